The highest BCUT2D eigenvalue weighted by molar-refractivity contribution is 5.88. The summed E-state index contributed by atoms with van der Waals surface area (Å²) in [5.74, 6) is -0.908. The summed E-state index contributed by atoms with van der Waals surface area (Å²) < 4.78 is 6.17. The summed E-state index contributed by atoms with van der Waals surface area (Å²) in [6, 6.07) is 14.1. The molecule has 1 N–H and O–H groups in total. The lowest BCUT2D eigenvalue weighted by Gasteiger charge is -2.42. The van der Waals surface area contributed by atoms with Crippen molar-refractivity contribution >= 4 is 11.5 Å². The Balaban J connectivity index is 1.81. The summed E-state index contributed by atoms with van der Waals surface area (Å²) in [5, 5.41) is 9.25. The van der Waals surface area contributed by atoms with Gasteiger partial charge in [0.2, 0.25) is 0 Å². The van der Waals surface area contributed by atoms with E-state index in [1.165, 1.54) is 35.1 Å². The van der Waals surface area contributed by atoms with Crippen molar-refractivity contribution in [1.82, 2.24) is 0 Å². The van der Waals surface area contributed by atoms with Gasteiger partial charge in [0, 0.05) is 7.11 Å². The van der Waals surface area contributed by atoms with Gasteiger partial charge in [-0.25, -0.2) is 4.79 Å². The van der Waals surface area contributed by atoms with Crippen LogP contribution in [0.4, 0.5) is 0 Å². The third-order valence-corrected chi connectivity index (χ3v) is 7.39. The van der Waals surface area contributed by atoms with E-state index in [0.29, 0.717) is 5.56 Å². The number of benzene rings is 2. The van der Waals surface area contributed by atoms with Crippen LogP contribution in [0.2, 0.25) is 0 Å². The molecule has 0 amide bonds. The van der Waals surface area contributed by atoms with Crippen molar-refractivity contribution in [1.29, 1.82) is 0 Å². The Morgan fingerprint density at radius 2 is 1.53 bits per heavy atom. The van der Waals surface area contributed by atoms with Crippen molar-refractivity contribution in [2.24, 2.45) is 0 Å². The Hall–Kier alpha value is -2.39. The van der Waals surface area contributed by atoms with E-state index in [4.69, 9.17) is 4.74 Å². The van der Waals surface area contributed by atoms with E-state index in [1.54, 1.807) is 19.2 Å². The zero-order chi connectivity index (χ0) is 21.7. The Labute approximate surface area is 179 Å². The molecule has 1 unspecified atom stereocenters. The van der Waals surface area contributed by atoms with E-state index in [1.807, 2.05) is 12.1 Å². The van der Waals surface area contributed by atoms with Gasteiger partial charge >= 0.3 is 5.97 Å². The first-order valence-corrected chi connectivity index (χ1v) is 10.9. The number of fused-ring (bicyclic) bond motifs is 1. The highest BCUT2D eigenvalue weighted by atomic mass is 16.5. The number of carboxylic acid groups (broad SMARTS) is 1. The normalized spacial score (nSPS) is 24.2. The quantitative estimate of drug-likeness (QED) is 0.637. The molecule has 1 atom stereocenters. The average molecular weight is 405 g/mol. The van der Waals surface area contributed by atoms with Gasteiger partial charge < -0.3 is 9.84 Å². The molecule has 0 aromatic heterocycles. The van der Waals surface area contributed by atoms with Gasteiger partial charge in [-0.05, 0) is 76.5 Å². The van der Waals surface area contributed by atoms with Crippen molar-refractivity contribution in [3.63, 3.8) is 0 Å². The zero-order valence-corrected chi connectivity index (χ0v) is 18.7. The van der Waals surface area contributed by atoms with Crippen LogP contribution in [0.15, 0.2) is 48.5 Å². The summed E-state index contributed by atoms with van der Waals surface area (Å²) in [7, 11) is 1.76. The van der Waals surface area contributed by atoms with Crippen molar-refractivity contribution in [2.45, 2.75) is 69.8 Å². The third kappa shape index (κ3) is 3.20. The molecule has 0 saturated heterocycles. The average Bonchev–Trinajstić information content (AvgIpc) is 3.16. The summed E-state index contributed by atoms with van der Waals surface area (Å²) in [5.41, 5.74) is 6.40. The lowest BCUT2D eigenvalue weighted by Crippen LogP contribution is -2.34. The Morgan fingerprint density at radius 3 is 2.13 bits per heavy atom. The zero-order valence-electron chi connectivity index (χ0n) is 18.7. The summed E-state index contributed by atoms with van der Waals surface area (Å²) in [4.78, 5) is 11.3. The number of allylic oxidation sites excluding steroid dienone is 1. The smallest absolute Gasteiger partial charge is 0.335 e. The van der Waals surface area contributed by atoms with Crippen LogP contribution in [0.3, 0.4) is 0 Å². The largest absolute Gasteiger partial charge is 0.478 e. The first-order chi connectivity index (χ1) is 14.1. The minimum absolute atomic E-state index is 0.152. The first-order valence-electron chi connectivity index (χ1n) is 10.9. The second-order valence-electron chi connectivity index (χ2n) is 10.1. The van der Waals surface area contributed by atoms with Crippen LogP contribution in [0, 0.1) is 0 Å². The number of aromatic carboxylic acids is 1. The number of rotatable bonds is 4. The minimum Gasteiger partial charge on any atom is -0.478 e. The van der Waals surface area contributed by atoms with Crippen molar-refractivity contribution < 1.29 is 14.6 Å². The molecule has 30 heavy (non-hydrogen) atoms. The van der Waals surface area contributed by atoms with Gasteiger partial charge in [0.05, 0.1) is 5.56 Å². The van der Waals surface area contributed by atoms with E-state index >= 15 is 0 Å². The van der Waals surface area contributed by atoms with Crippen molar-refractivity contribution in [2.75, 3.05) is 7.11 Å². The van der Waals surface area contributed by atoms with Gasteiger partial charge in [-0.2, -0.15) is 0 Å². The third-order valence-electron chi connectivity index (χ3n) is 7.39. The predicted molar refractivity (Wildman–Crippen MR) is 121 cm³/mol. The molecular weight excluding hydrogens is 372 g/mol. The molecule has 3 heteroatoms. The van der Waals surface area contributed by atoms with Crippen LogP contribution >= 0.6 is 0 Å². The highest BCUT2D eigenvalue weighted by Gasteiger charge is 2.42. The first kappa shape index (κ1) is 20.9. The van der Waals surface area contributed by atoms with E-state index in [-0.39, 0.29) is 10.8 Å². The van der Waals surface area contributed by atoms with Crippen molar-refractivity contribution in [3.05, 3.63) is 76.4 Å². The number of ether oxygens (including phenoxy) is 1. The summed E-state index contributed by atoms with van der Waals surface area (Å²) in [6.45, 7) is 9.39. The number of hydrogen-bond acceptors (Lipinski definition) is 2. The maximum atomic E-state index is 11.3. The Kier molecular flexibility index (Phi) is 4.93. The highest BCUT2D eigenvalue weighted by Crippen LogP contribution is 2.51. The molecule has 2 aromatic carbocycles. The van der Waals surface area contributed by atoms with Gasteiger partial charge in [-0.15, -0.1) is 0 Å². The molecule has 0 saturated carbocycles. The maximum absolute atomic E-state index is 11.3. The molecule has 3 nitrogen and oxygen atoms in total. The van der Waals surface area contributed by atoms with Crippen LogP contribution in [0.1, 0.15) is 86.0 Å². The van der Waals surface area contributed by atoms with Gasteiger partial charge in [-0.3, -0.25) is 0 Å². The molecular formula is C27H32O3. The van der Waals surface area contributed by atoms with Crippen LogP contribution < -0.4 is 0 Å². The standard InChI is InChI=1S/C27H32O3/c1-25(2)15-16-26(3,4)23-17-19(10-13-22(23)25)21-7-6-14-27(21,30-5)20-11-8-18(9-12-20)24(28)29/h7-13,17H,6,14-16H2,1-5H3,(H,28,29). The second kappa shape index (κ2) is 7.09. The number of carbonyl (C=O) groups is 1. The lowest BCUT2D eigenvalue weighted by atomic mass is 9.62. The summed E-state index contributed by atoms with van der Waals surface area (Å²) in [6.07, 6.45) is 6.47. The molecule has 0 aliphatic heterocycles. The fourth-order valence-electron chi connectivity index (χ4n) is 5.34. The van der Waals surface area contributed by atoms with Gasteiger partial charge in [-0.1, -0.05) is 64.1 Å². The van der Waals surface area contributed by atoms with Crippen LogP contribution in [-0.2, 0) is 21.2 Å². The van der Waals surface area contributed by atoms with Crippen LogP contribution in [-0.4, -0.2) is 18.2 Å². The molecule has 0 fully saturated rings. The van der Waals surface area contributed by atoms with Crippen LogP contribution in [0.25, 0.3) is 5.57 Å². The molecule has 158 valence electrons. The molecule has 2 aliphatic carbocycles. The topological polar surface area (TPSA) is 46.5 Å². The Bertz CT molecular complexity index is 1010. The minimum atomic E-state index is -0.908. The molecule has 0 heterocycles. The second-order valence-corrected chi connectivity index (χ2v) is 10.1. The lowest BCUT2D eigenvalue weighted by molar-refractivity contribution is 0.0377. The van der Waals surface area contributed by atoms with Gasteiger partial charge in [0.1, 0.15) is 5.60 Å². The van der Waals surface area contributed by atoms with E-state index in [2.05, 4.69) is 52.0 Å². The Morgan fingerprint density at radius 1 is 0.900 bits per heavy atom. The van der Waals surface area contributed by atoms with E-state index in [9.17, 15) is 9.90 Å². The van der Waals surface area contributed by atoms with Gasteiger partial charge in [0.25, 0.3) is 0 Å². The number of carboxylic acids is 1. The fraction of sp³-hybridized carbons (Fsp3) is 0.444. The molecule has 0 bridgehead atoms. The number of hydrogen-bond donors (Lipinski definition) is 1. The molecule has 4 rings (SSSR count). The SMILES string of the molecule is COC1(c2ccc(C(=O)O)cc2)CCC=C1c1ccc2c(c1)C(C)(C)CCC2(C)C. The van der Waals surface area contributed by atoms with Gasteiger partial charge in [0.15, 0.2) is 0 Å². The maximum Gasteiger partial charge on any atom is 0.335 e. The van der Waals surface area contributed by atoms with Crippen LogP contribution in [0.5, 0.6) is 0 Å². The molecule has 2 aromatic rings. The monoisotopic (exact) mass is 404 g/mol. The summed E-state index contributed by atoms with van der Waals surface area (Å²) >= 11 is 0. The predicted octanol–water partition coefficient (Wildman–Crippen LogP) is 6.45. The fourth-order valence-corrected chi connectivity index (χ4v) is 5.34. The van der Waals surface area contributed by atoms with E-state index < -0.39 is 11.6 Å². The number of methoxy groups -OCH3 is 1. The molecule has 2 aliphatic rings. The molecule has 0 spiro atoms. The molecule has 0 radical (unpaired) electrons. The van der Waals surface area contributed by atoms with E-state index in [0.717, 1.165) is 18.4 Å². The van der Waals surface area contributed by atoms with Crippen molar-refractivity contribution in [3.8, 4) is 0 Å².